The number of ether oxygens (including phenoxy) is 1. The fourth-order valence-corrected chi connectivity index (χ4v) is 9.97. The number of nitrogens with one attached hydrogen (secondary N) is 1. The fourth-order valence-electron chi connectivity index (χ4n) is 8.72. The molecule has 0 bridgehead atoms. The van der Waals surface area contributed by atoms with Crippen LogP contribution in [0.25, 0.3) is 32.1 Å². The number of nitriles is 1. The number of carbonyl (C=O) groups excluding carboxylic acids is 1. The second kappa shape index (κ2) is 11.1. The number of hydrogen-bond donors (Lipinski definition) is 2. The molecule has 5 aliphatic rings. The monoisotopic (exact) mass is 690 g/mol. The molecule has 9 rings (SSSR count). The first kappa shape index (κ1) is 30.2. The van der Waals surface area contributed by atoms with Gasteiger partial charge in [-0.2, -0.15) is 15.2 Å². The number of rotatable bonds is 6. The number of likely N-dealkylation sites (tertiary alicyclic amines) is 1. The zero-order valence-electron chi connectivity index (χ0n) is 26.1. The number of benzene rings is 2. The van der Waals surface area contributed by atoms with E-state index in [9.17, 15) is 14.4 Å². The van der Waals surface area contributed by atoms with Crippen LogP contribution < -0.4 is 20.7 Å². The van der Waals surface area contributed by atoms with Crippen LogP contribution in [0.1, 0.15) is 37.7 Å². The Hall–Kier alpha value is -3.83. The Balaban J connectivity index is 1.17. The molecule has 1 amide bonds. The molecule has 3 N–H and O–H groups in total. The highest BCUT2D eigenvalue weighted by atomic mass is 35.5. The van der Waals surface area contributed by atoms with Crippen molar-refractivity contribution in [3.8, 4) is 23.2 Å². The summed E-state index contributed by atoms with van der Waals surface area (Å²) in [6.07, 6.45) is 5.16. The number of hydrogen-bond acceptors (Lipinski definition) is 10. The van der Waals surface area contributed by atoms with E-state index in [0.29, 0.717) is 37.4 Å². The topological polar surface area (TPSA) is 134 Å². The minimum absolute atomic E-state index is 0.00224. The van der Waals surface area contributed by atoms with Crippen molar-refractivity contribution < 1.29 is 18.3 Å². The lowest BCUT2D eigenvalue weighted by molar-refractivity contribution is -0.131. The number of anilines is 2. The summed E-state index contributed by atoms with van der Waals surface area (Å²) in [5.74, 6) is -0.380. The molecule has 2 aromatic carbocycles. The van der Waals surface area contributed by atoms with E-state index in [1.165, 1.54) is 12.1 Å². The van der Waals surface area contributed by atoms with E-state index >= 15 is 4.39 Å². The SMILES string of the molecule is N#Cc1c(N)sc2c(F)ccc(-c3c(Cl)cc4c(N5CC6CCN(C(=O)C7CN7)C6C5)nc(OCC56CCCN5CCC6)nc4c3F)c12. The first-order valence-electron chi connectivity index (χ1n) is 16.5. The van der Waals surface area contributed by atoms with Gasteiger partial charge in [-0.15, -0.1) is 11.3 Å². The first-order chi connectivity index (χ1) is 23.3. The Morgan fingerprint density at radius 3 is 2.75 bits per heavy atom. The number of fused-ring (bicyclic) bond motifs is 4. The second-order valence-corrected chi connectivity index (χ2v) is 15.2. The van der Waals surface area contributed by atoms with Gasteiger partial charge >= 0.3 is 6.01 Å². The maximum absolute atomic E-state index is 17.1. The maximum atomic E-state index is 17.1. The van der Waals surface area contributed by atoms with Gasteiger partial charge in [-0.25, -0.2) is 8.78 Å². The van der Waals surface area contributed by atoms with E-state index in [1.54, 1.807) is 6.07 Å². The Bertz CT molecular complexity index is 2050. The Labute approximate surface area is 284 Å². The Morgan fingerprint density at radius 1 is 1.21 bits per heavy atom. The Morgan fingerprint density at radius 2 is 2.00 bits per heavy atom. The summed E-state index contributed by atoms with van der Waals surface area (Å²) >= 11 is 7.84. The highest BCUT2D eigenvalue weighted by Crippen LogP contribution is 2.47. The molecule has 248 valence electrons. The van der Waals surface area contributed by atoms with Crippen LogP contribution in [0.5, 0.6) is 6.01 Å². The lowest BCUT2D eigenvalue weighted by atomic mass is 9.95. The highest BCUT2D eigenvalue weighted by Gasteiger charge is 2.48. The van der Waals surface area contributed by atoms with Gasteiger partial charge in [-0.05, 0) is 62.9 Å². The third kappa shape index (κ3) is 4.56. The second-order valence-electron chi connectivity index (χ2n) is 13.7. The zero-order valence-corrected chi connectivity index (χ0v) is 27.6. The molecule has 7 heterocycles. The van der Waals surface area contributed by atoms with Crippen LogP contribution in [0, 0.1) is 28.9 Å². The molecular formula is C34H33ClF2N8O2S. The number of thiophene rings is 1. The molecule has 3 unspecified atom stereocenters. The minimum Gasteiger partial charge on any atom is -0.461 e. The van der Waals surface area contributed by atoms with Crippen LogP contribution in [-0.4, -0.2) is 89.2 Å². The van der Waals surface area contributed by atoms with Gasteiger partial charge < -0.3 is 25.6 Å². The zero-order chi connectivity index (χ0) is 32.9. The lowest BCUT2D eigenvalue weighted by Crippen LogP contribution is -2.43. The molecule has 10 nitrogen and oxygen atoms in total. The number of carbonyl (C=O) groups is 1. The van der Waals surface area contributed by atoms with Crippen LogP contribution >= 0.6 is 22.9 Å². The van der Waals surface area contributed by atoms with Crippen molar-refractivity contribution in [2.45, 2.75) is 49.7 Å². The van der Waals surface area contributed by atoms with E-state index < -0.39 is 11.6 Å². The molecule has 5 fully saturated rings. The summed E-state index contributed by atoms with van der Waals surface area (Å²) < 4.78 is 38.5. The van der Waals surface area contributed by atoms with Crippen LogP contribution in [0.3, 0.4) is 0 Å². The normalized spacial score (nSPS) is 24.4. The lowest BCUT2D eigenvalue weighted by Gasteiger charge is -2.31. The summed E-state index contributed by atoms with van der Waals surface area (Å²) in [6.45, 7) is 5.11. The van der Waals surface area contributed by atoms with E-state index in [1.807, 2.05) is 4.90 Å². The smallest absolute Gasteiger partial charge is 0.319 e. The third-order valence-electron chi connectivity index (χ3n) is 11.2. The number of aromatic nitrogens is 2. The van der Waals surface area contributed by atoms with Gasteiger partial charge in [0.1, 0.15) is 34.8 Å². The van der Waals surface area contributed by atoms with Crippen LogP contribution in [0.4, 0.5) is 19.6 Å². The van der Waals surface area contributed by atoms with Gasteiger partial charge in [0.05, 0.1) is 32.9 Å². The minimum atomic E-state index is -0.718. The van der Waals surface area contributed by atoms with Crippen molar-refractivity contribution in [2.75, 3.05) is 56.5 Å². The highest BCUT2D eigenvalue weighted by molar-refractivity contribution is 7.23. The summed E-state index contributed by atoms with van der Waals surface area (Å²) in [4.78, 5) is 29.2. The summed E-state index contributed by atoms with van der Waals surface area (Å²) in [5.41, 5.74) is 6.38. The van der Waals surface area contributed by atoms with Crippen molar-refractivity contribution >= 4 is 60.7 Å². The number of nitrogens with zero attached hydrogens (tertiary/aromatic N) is 6. The van der Waals surface area contributed by atoms with E-state index in [-0.39, 0.29) is 77.8 Å². The quantitative estimate of drug-likeness (QED) is 0.271. The van der Waals surface area contributed by atoms with Gasteiger partial charge in [0.25, 0.3) is 0 Å². The summed E-state index contributed by atoms with van der Waals surface area (Å²) in [5, 5.41) is 13.9. The predicted molar refractivity (Wildman–Crippen MR) is 180 cm³/mol. The molecule has 2 aromatic heterocycles. The molecular weight excluding hydrogens is 658 g/mol. The van der Waals surface area contributed by atoms with Gasteiger partial charge in [0.15, 0.2) is 5.82 Å². The molecule has 0 spiro atoms. The molecule has 5 saturated heterocycles. The molecule has 0 saturated carbocycles. The summed E-state index contributed by atoms with van der Waals surface area (Å²) in [7, 11) is 0. The van der Waals surface area contributed by atoms with Gasteiger partial charge in [-0.3, -0.25) is 9.69 Å². The fraction of sp³-hybridized carbons (Fsp3) is 0.471. The first-order valence-corrected chi connectivity index (χ1v) is 17.7. The third-order valence-corrected chi connectivity index (χ3v) is 12.5. The molecule has 3 atom stereocenters. The van der Waals surface area contributed by atoms with E-state index in [2.05, 4.69) is 26.2 Å². The average Bonchev–Trinajstić information content (AvgIpc) is 3.36. The van der Waals surface area contributed by atoms with Gasteiger partial charge in [-0.1, -0.05) is 17.7 Å². The van der Waals surface area contributed by atoms with Crippen molar-refractivity contribution in [3.63, 3.8) is 0 Å². The van der Waals surface area contributed by atoms with Crippen molar-refractivity contribution in [1.82, 2.24) is 25.1 Å². The van der Waals surface area contributed by atoms with Crippen molar-refractivity contribution in [2.24, 2.45) is 5.92 Å². The van der Waals surface area contributed by atoms with Crippen molar-refractivity contribution in [3.05, 3.63) is 40.4 Å². The molecule has 0 radical (unpaired) electrons. The molecule has 5 aliphatic heterocycles. The largest absolute Gasteiger partial charge is 0.461 e. The number of nitrogens with two attached hydrogens (primary N) is 1. The van der Waals surface area contributed by atoms with Crippen LogP contribution in [0.2, 0.25) is 5.02 Å². The van der Waals surface area contributed by atoms with Gasteiger partial charge in [0.2, 0.25) is 5.91 Å². The molecule has 4 aromatic rings. The van der Waals surface area contributed by atoms with Crippen molar-refractivity contribution in [1.29, 1.82) is 5.26 Å². The maximum Gasteiger partial charge on any atom is 0.319 e. The molecule has 14 heteroatoms. The number of halogens is 3. The Kier molecular flexibility index (Phi) is 6.99. The summed E-state index contributed by atoms with van der Waals surface area (Å²) in [6, 6.07) is 6.36. The molecule has 0 aliphatic carbocycles. The average molecular weight is 691 g/mol. The van der Waals surface area contributed by atoms with E-state index in [0.717, 1.165) is 63.1 Å². The molecule has 48 heavy (non-hydrogen) atoms. The number of amides is 1. The van der Waals surface area contributed by atoms with Crippen LogP contribution in [-0.2, 0) is 4.79 Å². The van der Waals surface area contributed by atoms with Gasteiger partial charge in [0, 0.05) is 48.4 Å². The van der Waals surface area contributed by atoms with Crippen LogP contribution in [0.15, 0.2) is 18.2 Å². The van der Waals surface area contributed by atoms with E-state index in [4.69, 9.17) is 27.1 Å². The standard InChI is InChI=1S/C34H33ClF2N8O2S/c35-21-11-19-28(27(37)26(21)18-3-4-22(36)29-25(18)20(12-38)30(39)48-29)41-33(47-16-34-6-1-8-44(34)9-2-7-34)42-31(19)43-14-17-5-10-45(24(17)15-43)32(46)23-13-40-23/h3-4,11,17,23-24,40H,1-2,5-10,13-16,39H2. The predicted octanol–water partition coefficient (Wildman–Crippen LogP) is 4.91. The number of nitrogen functional groups attached to an aromatic ring is 1.